The molecule has 106 valence electrons. The molecule has 0 saturated carbocycles. The molecule has 0 aliphatic carbocycles. The number of nitrogens with two attached hydrogens (primary N) is 1. The summed E-state index contributed by atoms with van der Waals surface area (Å²) >= 11 is 0. The van der Waals surface area contributed by atoms with Crippen LogP contribution in [0.5, 0.6) is 0 Å². The van der Waals surface area contributed by atoms with Crippen molar-refractivity contribution >= 4 is 11.6 Å². The number of aromatic nitrogens is 4. The van der Waals surface area contributed by atoms with Gasteiger partial charge in [-0.05, 0) is 31.5 Å². The van der Waals surface area contributed by atoms with E-state index >= 15 is 0 Å². The van der Waals surface area contributed by atoms with Crippen molar-refractivity contribution in [2.24, 2.45) is 11.7 Å². The molecule has 0 aromatic carbocycles. The average molecular weight is 274 g/mol. The molecule has 2 heterocycles. The number of hydrogen-bond acceptors (Lipinski definition) is 5. The molecule has 2 aromatic heterocycles. The summed E-state index contributed by atoms with van der Waals surface area (Å²) in [5, 5.41) is 6.82. The standard InChI is InChI=1S/C13H18N6O/c1-10(3-2-6-14)13(20)18-11-4-5-12(16-7-11)19-9-15-8-17-19/h4-5,7-10H,2-3,6,14H2,1H3,(H,18,20). The summed E-state index contributed by atoms with van der Waals surface area (Å²) < 4.78 is 1.55. The quantitative estimate of drug-likeness (QED) is 0.818. The van der Waals surface area contributed by atoms with Gasteiger partial charge in [0.25, 0.3) is 0 Å². The summed E-state index contributed by atoms with van der Waals surface area (Å²) in [6, 6.07) is 3.56. The van der Waals surface area contributed by atoms with E-state index in [1.54, 1.807) is 29.3 Å². The minimum Gasteiger partial charge on any atom is -0.330 e. The lowest BCUT2D eigenvalue weighted by atomic mass is 10.0. The van der Waals surface area contributed by atoms with Crippen molar-refractivity contribution in [3.05, 3.63) is 31.0 Å². The molecule has 3 N–H and O–H groups in total. The van der Waals surface area contributed by atoms with Gasteiger partial charge in [0.05, 0.1) is 11.9 Å². The number of carbonyl (C=O) groups excluding carboxylic acids is 1. The minimum absolute atomic E-state index is 0.0197. The molecule has 0 saturated heterocycles. The molecule has 0 spiro atoms. The fourth-order valence-corrected chi connectivity index (χ4v) is 1.74. The Labute approximate surface area is 117 Å². The summed E-state index contributed by atoms with van der Waals surface area (Å²) in [5.74, 6) is 0.568. The lowest BCUT2D eigenvalue weighted by Gasteiger charge is -2.11. The number of amides is 1. The molecule has 0 bridgehead atoms. The molecule has 1 unspecified atom stereocenters. The maximum atomic E-state index is 11.9. The van der Waals surface area contributed by atoms with Crippen LogP contribution in [0.4, 0.5) is 5.69 Å². The number of anilines is 1. The van der Waals surface area contributed by atoms with Gasteiger partial charge in [-0.25, -0.2) is 14.6 Å². The highest BCUT2D eigenvalue weighted by Gasteiger charge is 2.12. The summed E-state index contributed by atoms with van der Waals surface area (Å²) in [6.07, 6.45) is 6.24. The van der Waals surface area contributed by atoms with Gasteiger partial charge in [-0.3, -0.25) is 4.79 Å². The highest BCUT2D eigenvalue weighted by Crippen LogP contribution is 2.12. The third-order valence-corrected chi connectivity index (χ3v) is 2.96. The third kappa shape index (κ3) is 3.61. The number of nitrogens with zero attached hydrogens (tertiary/aromatic N) is 4. The van der Waals surface area contributed by atoms with Crippen molar-refractivity contribution < 1.29 is 4.79 Å². The van der Waals surface area contributed by atoms with Gasteiger partial charge in [0.15, 0.2) is 5.82 Å². The minimum atomic E-state index is -0.0615. The molecule has 2 rings (SSSR count). The van der Waals surface area contributed by atoms with E-state index in [9.17, 15) is 4.79 Å². The fourth-order valence-electron chi connectivity index (χ4n) is 1.74. The predicted octanol–water partition coefficient (Wildman–Crippen LogP) is 0.976. The van der Waals surface area contributed by atoms with Crippen LogP contribution in [0.1, 0.15) is 19.8 Å². The van der Waals surface area contributed by atoms with E-state index in [1.165, 1.54) is 6.33 Å². The van der Waals surface area contributed by atoms with Gasteiger partial charge in [0.1, 0.15) is 12.7 Å². The first-order valence-electron chi connectivity index (χ1n) is 6.52. The lowest BCUT2D eigenvalue weighted by Crippen LogP contribution is -2.21. The molecular formula is C13H18N6O. The van der Waals surface area contributed by atoms with Crippen LogP contribution in [0.25, 0.3) is 5.82 Å². The summed E-state index contributed by atoms with van der Waals surface area (Å²) in [7, 11) is 0. The fraction of sp³-hybridized carbons (Fsp3) is 0.385. The molecule has 0 radical (unpaired) electrons. The van der Waals surface area contributed by atoms with Crippen LogP contribution in [0.15, 0.2) is 31.0 Å². The molecule has 2 aromatic rings. The monoisotopic (exact) mass is 274 g/mol. The van der Waals surface area contributed by atoms with Crippen LogP contribution in [0.3, 0.4) is 0 Å². The van der Waals surface area contributed by atoms with Crippen molar-refractivity contribution in [2.45, 2.75) is 19.8 Å². The average Bonchev–Trinajstić information content (AvgIpc) is 2.99. The van der Waals surface area contributed by atoms with E-state index < -0.39 is 0 Å². The number of pyridine rings is 1. The van der Waals surface area contributed by atoms with Crippen molar-refractivity contribution in [2.75, 3.05) is 11.9 Å². The zero-order valence-electron chi connectivity index (χ0n) is 11.4. The number of carbonyl (C=O) groups is 1. The Bertz CT molecular complexity index is 536. The molecule has 0 aliphatic rings. The van der Waals surface area contributed by atoms with Crippen molar-refractivity contribution in [1.29, 1.82) is 0 Å². The van der Waals surface area contributed by atoms with Crippen LogP contribution in [-0.2, 0) is 4.79 Å². The van der Waals surface area contributed by atoms with E-state index in [0.29, 0.717) is 18.1 Å². The first-order valence-corrected chi connectivity index (χ1v) is 6.52. The molecular weight excluding hydrogens is 256 g/mol. The Balaban J connectivity index is 1.95. The molecule has 7 heteroatoms. The van der Waals surface area contributed by atoms with Crippen LogP contribution in [0.2, 0.25) is 0 Å². The van der Waals surface area contributed by atoms with Gasteiger partial charge in [0, 0.05) is 5.92 Å². The van der Waals surface area contributed by atoms with Gasteiger partial charge in [-0.15, -0.1) is 0 Å². The Morgan fingerprint density at radius 2 is 2.35 bits per heavy atom. The Morgan fingerprint density at radius 1 is 1.50 bits per heavy atom. The van der Waals surface area contributed by atoms with Gasteiger partial charge in [0.2, 0.25) is 5.91 Å². The second-order valence-electron chi connectivity index (χ2n) is 4.57. The topological polar surface area (TPSA) is 98.7 Å². The summed E-state index contributed by atoms with van der Waals surface area (Å²) in [5.41, 5.74) is 6.10. The predicted molar refractivity (Wildman–Crippen MR) is 75.2 cm³/mol. The first kappa shape index (κ1) is 14.1. The van der Waals surface area contributed by atoms with Crippen molar-refractivity contribution in [1.82, 2.24) is 19.7 Å². The number of hydrogen-bond donors (Lipinski definition) is 2. The molecule has 0 fully saturated rings. The van der Waals surface area contributed by atoms with Gasteiger partial charge < -0.3 is 11.1 Å². The van der Waals surface area contributed by atoms with E-state index in [0.717, 1.165) is 12.8 Å². The van der Waals surface area contributed by atoms with Gasteiger partial charge in [-0.1, -0.05) is 6.92 Å². The van der Waals surface area contributed by atoms with Crippen molar-refractivity contribution in [3.63, 3.8) is 0 Å². The number of nitrogens with one attached hydrogen (secondary N) is 1. The van der Waals surface area contributed by atoms with Crippen LogP contribution in [0, 0.1) is 5.92 Å². The Morgan fingerprint density at radius 3 is 2.95 bits per heavy atom. The van der Waals surface area contributed by atoms with Crippen LogP contribution < -0.4 is 11.1 Å². The SMILES string of the molecule is CC(CCCN)C(=O)Nc1ccc(-n2cncn2)nc1. The van der Waals surface area contributed by atoms with E-state index in [2.05, 4.69) is 20.4 Å². The van der Waals surface area contributed by atoms with E-state index in [1.807, 2.05) is 6.92 Å². The maximum Gasteiger partial charge on any atom is 0.227 e. The largest absolute Gasteiger partial charge is 0.330 e. The maximum absolute atomic E-state index is 11.9. The van der Waals surface area contributed by atoms with E-state index in [-0.39, 0.29) is 11.8 Å². The summed E-state index contributed by atoms with van der Waals surface area (Å²) in [6.45, 7) is 2.49. The summed E-state index contributed by atoms with van der Waals surface area (Å²) in [4.78, 5) is 20.0. The smallest absolute Gasteiger partial charge is 0.227 e. The Kier molecular flexibility index (Phi) is 4.78. The highest BCUT2D eigenvalue weighted by molar-refractivity contribution is 5.92. The third-order valence-electron chi connectivity index (χ3n) is 2.96. The van der Waals surface area contributed by atoms with Gasteiger partial charge >= 0.3 is 0 Å². The Hall–Kier alpha value is -2.28. The zero-order valence-corrected chi connectivity index (χ0v) is 11.4. The second kappa shape index (κ2) is 6.76. The van der Waals surface area contributed by atoms with Crippen molar-refractivity contribution in [3.8, 4) is 5.82 Å². The molecule has 7 nitrogen and oxygen atoms in total. The second-order valence-corrected chi connectivity index (χ2v) is 4.57. The molecule has 20 heavy (non-hydrogen) atoms. The molecule has 1 amide bonds. The molecule has 0 aliphatic heterocycles. The van der Waals surface area contributed by atoms with E-state index in [4.69, 9.17) is 5.73 Å². The lowest BCUT2D eigenvalue weighted by molar-refractivity contribution is -0.119. The van der Waals surface area contributed by atoms with Gasteiger partial charge in [-0.2, -0.15) is 5.10 Å². The highest BCUT2D eigenvalue weighted by atomic mass is 16.1. The number of rotatable bonds is 6. The normalized spacial score (nSPS) is 12.1. The molecule has 1 atom stereocenters. The zero-order chi connectivity index (χ0) is 14.4. The first-order chi connectivity index (χ1) is 9.70. The van der Waals surface area contributed by atoms with Crippen LogP contribution in [-0.4, -0.2) is 32.2 Å². The van der Waals surface area contributed by atoms with Crippen LogP contribution >= 0.6 is 0 Å².